The van der Waals surface area contributed by atoms with Crippen molar-refractivity contribution in [3.05, 3.63) is 41.8 Å². The van der Waals surface area contributed by atoms with Crippen LogP contribution in [0.1, 0.15) is 58.9 Å². The number of benzene rings is 1. The fraction of sp³-hybridized carbons (Fsp3) is 0.500. The zero-order valence-corrected chi connectivity index (χ0v) is 22.9. The van der Waals surface area contributed by atoms with Crippen molar-refractivity contribution in [2.75, 3.05) is 24.7 Å². The van der Waals surface area contributed by atoms with E-state index in [4.69, 9.17) is 4.74 Å². The Hall–Kier alpha value is -3.87. The minimum Gasteiger partial charge on any atom is -0.444 e. The van der Waals surface area contributed by atoms with Crippen LogP contribution >= 0.6 is 0 Å². The number of amides is 2. The van der Waals surface area contributed by atoms with Crippen molar-refractivity contribution in [3.8, 4) is 11.8 Å². The van der Waals surface area contributed by atoms with Crippen LogP contribution in [0.5, 0.6) is 0 Å². The molecule has 0 aliphatic heterocycles. The molecule has 1 aliphatic rings. The molecular formula is C28H37FN6O3. The number of nitrogens with one attached hydrogen (secondary N) is 3. The molecule has 1 fully saturated rings. The first-order valence-electron chi connectivity index (χ1n) is 12.8. The SMILES string of the molecule is CNc1ncc(C#C[C@@H]2CCC[C@H](NC(=O)[C@H](C)N(C)C(=O)OC(C)(C)C)C2)c(Nc2ccc(F)cc2)n1. The third-order valence-electron chi connectivity index (χ3n) is 6.19. The Labute approximate surface area is 224 Å². The maximum Gasteiger partial charge on any atom is 0.410 e. The lowest BCUT2D eigenvalue weighted by molar-refractivity contribution is -0.126. The fourth-order valence-corrected chi connectivity index (χ4v) is 3.98. The number of anilines is 3. The van der Waals surface area contributed by atoms with Gasteiger partial charge in [0, 0.05) is 31.7 Å². The zero-order valence-electron chi connectivity index (χ0n) is 22.9. The quantitative estimate of drug-likeness (QED) is 0.471. The molecule has 0 spiro atoms. The monoisotopic (exact) mass is 524 g/mol. The molecule has 1 saturated carbocycles. The number of rotatable bonds is 6. The average molecular weight is 525 g/mol. The minimum atomic E-state index is -0.667. The largest absolute Gasteiger partial charge is 0.444 e. The van der Waals surface area contributed by atoms with E-state index >= 15 is 0 Å². The first-order chi connectivity index (χ1) is 17.9. The summed E-state index contributed by atoms with van der Waals surface area (Å²) in [6.07, 6.45) is 4.51. The van der Waals surface area contributed by atoms with Gasteiger partial charge in [0.15, 0.2) is 5.82 Å². The zero-order chi connectivity index (χ0) is 27.9. The lowest BCUT2D eigenvalue weighted by atomic mass is 9.86. The summed E-state index contributed by atoms with van der Waals surface area (Å²) in [6.45, 7) is 7.05. The summed E-state index contributed by atoms with van der Waals surface area (Å²) in [4.78, 5) is 35.3. The van der Waals surface area contributed by atoms with Gasteiger partial charge in [0.1, 0.15) is 17.5 Å². The van der Waals surface area contributed by atoms with Gasteiger partial charge in [-0.1, -0.05) is 18.3 Å². The summed E-state index contributed by atoms with van der Waals surface area (Å²) in [5.41, 5.74) is 0.664. The van der Waals surface area contributed by atoms with Crippen LogP contribution in [-0.2, 0) is 9.53 Å². The molecule has 1 aromatic carbocycles. The van der Waals surface area contributed by atoms with Gasteiger partial charge in [-0.3, -0.25) is 9.69 Å². The number of carbonyl (C=O) groups is 2. The lowest BCUT2D eigenvalue weighted by Gasteiger charge is -2.31. The second kappa shape index (κ2) is 12.6. The van der Waals surface area contributed by atoms with Gasteiger partial charge in [0.25, 0.3) is 0 Å². The highest BCUT2D eigenvalue weighted by Crippen LogP contribution is 2.25. The van der Waals surface area contributed by atoms with Gasteiger partial charge < -0.3 is 20.7 Å². The van der Waals surface area contributed by atoms with E-state index in [-0.39, 0.29) is 23.7 Å². The fourth-order valence-electron chi connectivity index (χ4n) is 3.98. The van der Waals surface area contributed by atoms with Gasteiger partial charge in [-0.2, -0.15) is 4.98 Å². The number of nitrogens with zero attached hydrogens (tertiary/aromatic N) is 3. The molecular weight excluding hydrogens is 487 g/mol. The van der Waals surface area contributed by atoms with Crippen LogP contribution < -0.4 is 16.0 Å². The Morgan fingerprint density at radius 2 is 1.92 bits per heavy atom. The summed E-state index contributed by atoms with van der Waals surface area (Å²) in [5.74, 6) is 7.01. The summed E-state index contributed by atoms with van der Waals surface area (Å²) in [6, 6.07) is 5.29. The van der Waals surface area contributed by atoms with Crippen LogP contribution in [0.4, 0.5) is 26.6 Å². The molecule has 1 heterocycles. The molecule has 3 rings (SSSR count). The van der Waals surface area contributed by atoms with Gasteiger partial charge in [0.2, 0.25) is 11.9 Å². The second-order valence-electron chi connectivity index (χ2n) is 10.4. The third-order valence-corrected chi connectivity index (χ3v) is 6.19. The second-order valence-corrected chi connectivity index (χ2v) is 10.4. The molecule has 3 atom stereocenters. The summed E-state index contributed by atoms with van der Waals surface area (Å²) >= 11 is 0. The van der Waals surface area contributed by atoms with Crippen LogP contribution in [0.25, 0.3) is 0 Å². The van der Waals surface area contributed by atoms with Gasteiger partial charge in [-0.05, 0) is 71.2 Å². The summed E-state index contributed by atoms with van der Waals surface area (Å²) in [7, 11) is 3.29. The molecule has 204 valence electrons. The van der Waals surface area contributed by atoms with Crippen LogP contribution in [0.15, 0.2) is 30.5 Å². The van der Waals surface area contributed by atoms with Crippen molar-refractivity contribution in [1.29, 1.82) is 0 Å². The standard InChI is InChI=1S/C28H37FN6O3/c1-18(35(6)27(37)38-28(2,3)4)25(36)33-23-9-7-8-19(16-23)10-11-20-17-31-26(30-5)34-24(20)32-22-14-12-21(29)13-15-22/h12-15,17-19,23H,7-9,16H2,1-6H3,(H,33,36)(H2,30,31,32,34)/t18-,19-,23-/m0/s1. The van der Waals surface area contributed by atoms with Crippen molar-refractivity contribution in [2.45, 2.75) is 71.1 Å². The highest BCUT2D eigenvalue weighted by Gasteiger charge is 2.29. The molecule has 0 bridgehead atoms. The maximum absolute atomic E-state index is 13.3. The number of carbonyl (C=O) groups excluding carboxylic acids is 2. The molecule has 2 aromatic rings. The molecule has 1 aromatic heterocycles. The van der Waals surface area contributed by atoms with E-state index in [1.807, 2.05) is 0 Å². The predicted octanol–water partition coefficient (Wildman–Crippen LogP) is 4.68. The van der Waals surface area contributed by atoms with Crippen LogP contribution in [0, 0.1) is 23.6 Å². The topological polar surface area (TPSA) is 108 Å². The Morgan fingerprint density at radius 1 is 1.21 bits per heavy atom. The first-order valence-corrected chi connectivity index (χ1v) is 12.8. The molecule has 3 N–H and O–H groups in total. The molecule has 9 nitrogen and oxygen atoms in total. The molecule has 0 unspecified atom stereocenters. The Kier molecular flexibility index (Phi) is 9.50. The molecule has 1 aliphatic carbocycles. The third kappa shape index (κ3) is 8.33. The van der Waals surface area contributed by atoms with Crippen molar-refractivity contribution < 1.29 is 18.7 Å². The highest BCUT2D eigenvalue weighted by atomic mass is 19.1. The van der Waals surface area contributed by atoms with E-state index in [2.05, 4.69) is 37.8 Å². The molecule has 10 heteroatoms. The van der Waals surface area contributed by atoms with Crippen molar-refractivity contribution in [1.82, 2.24) is 20.2 Å². The number of aromatic nitrogens is 2. The number of ether oxygens (including phenoxy) is 1. The molecule has 0 radical (unpaired) electrons. The van der Waals surface area contributed by atoms with Gasteiger partial charge in [0.05, 0.1) is 11.8 Å². The number of likely N-dealkylation sites (N-methyl/N-ethyl adjacent to an activating group) is 1. The number of halogens is 1. The van der Waals surface area contributed by atoms with Crippen LogP contribution in [0.2, 0.25) is 0 Å². The van der Waals surface area contributed by atoms with Crippen molar-refractivity contribution >= 4 is 29.5 Å². The van der Waals surface area contributed by atoms with E-state index in [0.717, 1.165) is 19.3 Å². The first kappa shape index (κ1) is 28.7. The van der Waals surface area contributed by atoms with E-state index in [0.29, 0.717) is 29.4 Å². The Balaban J connectivity index is 1.65. The van der Waals surface area contributed by atoms with Crippen LogP contribution in [0.3, 0.4) is 0 Å². The number of hydrogen-bond acceptors (Lipinski definition) is 7. The van der Waals surface area contributed by atoms with E-state index in [9.17, 15) is 14.0 Å². The Morgan fingerprint density at radius 3 is 2.58 bits per heavy atom. The predicted molar refractivity (Wildman–Crippen MR) is 145 cm³/mol. The average Bonchev–Trinajstić information content (AvgIpc) is 2.87. The highest BCUT2D eigenvalue weighted by molar-refractivity contribution is 5.85. The molecule has 2 amide bonds. The lowest BCUT2D eigenvalue weighted by Crippen LogP contribution is -2.50. The van der Waals surface area contributed by atoms with E-state index in [1.54, 1.807) is 60.1 Å². The van der Waals surface area contributed by atoms with E-state index < -0.39 is 17.7 Å². The van der Waals surface area contributed by atoms with Gasteiger partial charge >= 0.3 is 6.09 Å². The Bertz CT molecular complexity index is 1190. The summed E-state index contributed by atoms with van der Waals surface area (Å²) in [5, 5.41) is 9.17. The number of hydrogen-bond donors (Lipinski definition) is 3. The molecule has 0 saturated heterocycles. The van der Waals surface area contributed by atoms with Crippen LogP contribution in [-0.4, -0.2) is 58.6 Å². The van der Waals surface area contributed by atoms with Crippen molar-refractivity contribution in [2.24, 2.45) is 5.92 Å². The maximum atomic E-state index is 13.3. The van der Waals surface area contributed by atoms with E-state index in [1.165, 1.54) is 17.0 Å². The molecule has 38 heavy (non-hydrogen) atoms. The normalized spacial score (nSPS) is 17.9. The minimum absolute atomic E-state index is 0.0373. The van der Waals surface area contributed by atoms with Gasteiger partial charge in [-0.25, -0.2) is 14.2 Å². The smallest absolute Gasteiger partial charge is 0.410 e. The summed E-state index contributed by atoms with van der Waals surface area (Å²) < 4.78 is 18.7. The van der Waals surface area contributed by atoms with Crippen molar-refractivity contribution in [3.63, 3.8) is 0 Å². The van der Waals surface area contributed by atoms with Gasteiger partial charge in [-0.15, -0.1) is 0 Å².